The second kappa shape index (κ2) is 5.70. The minimum Gasteiger partial charge on any atom is -0.444 e. The highest BCUT2D eigenvalue weighted by atomic mass is 19.4. The number of hydrogen-bond donors (Lipinski definition) is 1. The van der Waals surface area contributed by atoms with E-state index in [9.17, 15) is 18.0 Å². The normalized spacial score (nSPS) is 15.2. The number of nitrogens with zero attached hydrogens (tertiary/aromatic N) is 6. The largest absolute Gasteiger partial charge is 0.449 e. The highest BCUT2D eigenvalue weighted by molar-refractivity contribution is 5.69. The van der Waals surface area contributed by atoms with Crippen molar-refractivity contribution < 1.29 is 22.7 Å². The van der Waals surface area contributed by atoms with Crippen LogP contribution in [0.2, 0.25) is 0 Å². The molecule has 3 heterocycles. The SMILES string of the molecule is CC(C)(C)OC(=O)N1CCn2c(C(F)(F)F)nc(-c3nn[nH]n3)c2C1. The molecular formula is C13H16F3N7O2. The molecule has 2 aromatic rings. The van der Waals surface area contributed by atoms with Crippen LogP contribution in [0.5, 0.6) is 0 Å². The van der Waals surface area contributed by atoms with Crippen LogP contribution < -0.4 is 0 Å². The lowest BCUT2D eigenvalue weighted by Crippen LogP contribution is -2.42. The number of imidazole rings is 1. The van der Waals surface area contributed by atoms with E-state index < -0.39 is 23.7 Å². The number of fused-ring (bicyclic) bond motifs is 1. The van der Waals surface area contributed by atoms with Gasteiger partial charge in [0.25, 0.3) is 0 Å². The van der Waals surface area contributed by atoms with Crippen molar-refractivity contribution >= 4 is 6.09 Å². The van der Waals surface area contributed by atoms with Gasteiger partial charge >= 0.3 is 12.3 Å². The number of amides is 1. The highest BCUT2D eigenvalue weighted by Crippen LogP contribution is 2.34. The van der Waals surface area contributed by atoms with E-state index in [1.807, 2.05) is 0 Å². The maximum Gasteiger partial charge on any atom is 0.449 e. The Balaban J connectivity index is 1.98. The second-order valence-electron chi connectivity index (χ2n) is 6.52. The van der Waals surface area contributed by atoms with Crippen molar-refractivity contribution in [2.24, 2.45) is 0 Å². The first-order valence-electron chi connectivity index (χ1n) is 7.44. The summed E-state index contributed by atoms with van der Waals surface area (Å²) in [7, 11) is 0. The summed E-state index contributed by atoms with van der Waals surface area (Å²) in [5, 5.41) is 12.9. The minimum atomic E-state index is -4.63. The van der Waals surface area contributed by atoms with Gasteiger partial charge in [0.05, 0.1) is 12.2 Å². The monoisotopic (exact) mass is 359 g/mol. The third kappa shape index (κ3) is 3.42. The Morgan fingerprint density at radius 1 is 1.24 bits per heavy atom. The number of aromatic nitrogens is 6. The molecule has 0 bridgehead atoms. The average Bonchev–Trinajstić information content (AvgIpc) is 3.11. The second-order valence-corrected chi connectivity index (χ2v) is 6.52. The molecule has 0 spiro atoms. The maximum atomic E-state index is 13.3. The third-order valence-electron chi connectivity index (χ3n) is 3.47. The van der Waals surface area contributed by atoms with Crippen LogP contribution in [-0.2, 0) is 24.0 Å². The van der Waals surface area contributed by atoms with Gasteiger partial charge in [0.15, 0.2) is 0 Å². The average molecular weight is 359 g/mol. The Labute approximate surface area is 140 Å². The number of nitrogens with one attached hydrogen (secondary N) is 1. The molecule has 0 saturated carbocycles. The zero-order valence-electron chi connectivity index (χ0n) is 13.8. The summed E-state index contributed by atoms with van der Waals surface area (Å²) in [6.07, 6.45) is -5.24. The van der Waals surface area contributed by atoms with Crippen LogP contribution in [0.3, 0.4) is 0 Å². The van der Waals surface area contributed by atoms with E-state index in [4.69, 9.17) is 4.74 Å². The number of halogens is 3. The van der Waals surface area contributed by atoms with Crippen LogP contribution in [0, 0.1) is 0 Å². The van der Waals surface area contributed by atoms with Gasteiger partial charge in [-0.25, -0.2) is 9.78 Å². The van der Waals surface area contributed by atoms with Gasteiger partial charge in [-0.3, -0.25) is 0 Å². The molecule has 9 nitrogen and oxygen atoms in total. The molecule has 1 aliphatic heterocycles. The number of hydrogen-bond acceptors (Lipinski definition) is 6. The van der Waals surface area contributed by atoms with Crippen LogP contribution in [0.15, 0.2) is 0 Å². The smallest absolute Gasteiger partial charge is 0.444 e. The summed E-state index contributed by atoms with van der Waals surface area (Å²) in [4.78, 5) is 17.2. The van der Waals surface area contributed by atoms with Crippen molar-refractivity contribution in [2.45, 2.75) is 45.6 Å². The number of alkyl halides is 3. The van der Waals surface area contributed by atoms with E-state index in [1.165, 1.54) is 4.90 Å². The van der Waals surface area contributed by atoms with Gasteiger partial charge in [-0.1, -0.05) is 0 Å². The molecule has 25 heavy (non-hydrogen) atoms. The maximum absolute atomic E-state index is 13.3. The standard InChI is InChI=1S/C13H16F3N7O2/c1-12(2,3)25-11(24)22-4-5-23-7(6-22)8(9-18-20-21-19-9)17-10(23)13(14,15)16/h4-6H2,1-3H3,(H,18,19,20,21). The van der Waals surface area contributed by atoms with Crippen LogP contribution in [0.25, 0.3) is 11.5 Å². The van der Waals surface area contributed by atoms with E-state index in [-0.39, 0.29) is 36.8 Å². The molecule has 0 fully saturated rings. The summed E-state index contributed by atoms with van der Waals surface area (Å²) < 4.78 is 46.1. The molecule has 0 atom stereocenters. The summed E-state index contributed by atoms with van der Waals surface area (Å²) in [6.45, 7) is 5.06. The molecule has 1 amide bonds. The molecule has 2 aromatic heterocycles. The van der Waals surface area contributed by atoms with Crippen molar-refractivity contribution in [1.29, 1.82) is 0 Å². The third-order valence-corrected chi connectivity index (χ3v) is 3.47. The Bertz CT molecular complexity index is 777. The Hall–Kier alpha value is -2.66. The van der Waals surface area contributed by atoms with E-state index in [0.29, 0.717) is 0 Å². The number of H-pyrrole nitrogens is 1. The number of rotatable bonds is 1. The Morgan fingerprint density at radius 2 is 1.96 bits per heavy atom. The van der Waals surface area contributed by atoms with Gasteiger partial charge in [-0.05, 0) is 26.0 Å². The number of tetrazole rings is 1. The minimum absolute atomic E-state index is 0.0608. The fourth-order valence-electron chi connectivity index (χ4n) is 2.51. The zero-order valence-corrected chi connectivity index (χ0v) is 13.8. The number of ether oxygens (including phenoxy) is 1. The number of carbonyl (C=O) groups excluding carboxylic acids is 1. The Kier molecular flexibility index (Phi) is 3.92. The molecule has 0 aliphatic carbocycles. The van der Waals surface area contributed by atoms with Gasteiger partial charge < -0.3 is 14.2 Å². The lowest BCUT2D eigenvalue weighted by molar-refractivity contribution is -0.147. The summed E-state index contributed by atoms with van der Waals surface area (Å²) in [5.41, 5.74) is -0.581. The highest BCUT2D eigenvalue weighted by Gasteiger charge is 2.41. The first-order valence-corrected chi connectivity index (χ1v) is 7.44. The molecule has 12 heteroatoms. The molecule has 0 saturated heterocycles. The zero-order chi connectivity index (χ0) is 18.4. The van der Waals surface area contributed by atoms with Crippen LogP contribution in [0.4, 0.5) is 18.0 Å². The van der Waals surface area contributed by atoms with Crippen LogP contribution in [-0.4, -0.2) is 53.3 Å². The predicted molar refractivity (Wildman–Crippen MR) is 77.0 cm³/mol. The van der Waals surface area contributed by atoms with E-state index in [0.717, 1.165) is 4.57 Å². The van der Waals surface area contributed by atoms with Crippen molar-refractivity contribution in [3.05, 3.63) is 11.5 Å². The van der Waals surface area contributed by atoms with Crippen molar-refractivity contribution in [1.82, 2.24) is 35.1 Å². The van der Waals surface area contributed by atoms with E-state index >= 15 is 0 Å². The molecule has 0 aromatic carbocycles. The quantitative estimate of drug-likeness (QED) is 0.833. The van der Waals surface area contributed by atoms with Crippen LogP contribution >= 0.6 is 0 Å². The molecule has 0 radical (unpaired) electrons. The molecule has 1 aliphatic rings. The Morgan fingerprint density at radius 3 is 2.52 bits per heavy atom. The molecule has 3 rings (SSSR count). The van der Waals surface area contributed by atoms with Crippen LogP contribution in [0.1, 0.15) is 32.3 Å². The van der Waals surface area contributed by atoms with Gasteiger partial charge in [-0.2, -0.15) is 18.4 Å². The lowest BCUT2D eigenvalue weighted by atomic mass is 10.2. The van der Waals surface area contributed by atoms with Crippen molar-refractivity contribution in [3.63, 3.8) is 0 Å². The lowest BCUT2D eigenvalue weighted by Gasteiger charge is -2.31. The van der Waals surface area contributed by atoms with Crippen molar-refractivity contribution in [3.8, 4) is 11.5 Å². The topological polar surface area (TPSA) is 102 Å². The summed E-state index contributed by atoms with van der Waals surface area (Å²) in [6, 6.07) is 0. The summed E-state index contributed by atoms with van der Waals surface area (Å²) in [5.74, 6) is -1.11. The molecular weight excluding hydrogens is 343 g/mol. The fraction of sp³-hybridized carbons (Fsp3) is 0.615. The van der Waals surface area contributed by atoms with Gasteiger partial charge in [0.2, 0.25) is 11.6 Å². The molecule has 1 N–H and O–H groups in total. The predicted octanol–water partition coefficient (Wildman–Crippen LogP) is 1.83. The van der Waals surface area contributed by atoms with E-state index in [1.54, 1.807) is 20.8 Å². The number of aromatic amines is 1. The van der Waals surface area contributed by atoms with Crippen molar-refractivity contribution in [2.75, 3.05) is 6.54 Å². The van der Waals surface area contributed by atoms with Gasteiger partial charge in [0.1, 0.15) is 11.3 Å². The first-order chi connectivity index (χ1) is 11.6. The summed E-state index contributed by atoms with van der Waals surface area (Å²) >= 11 is 0. The first kappa shape index (κ1) is 17.2. The fourth-order valence-corrected chi connectivity index (χ4v) is 2.51. The number of carbonyl (C=O) groups is 1. The van der Waals surface area contributed by atoms with Gasteiger partial charge in [-0.15, -0.1) is 10.2 Å². The molecule has 136 valence electrons. The van der Waals surface area contributed by atoms with Gasteiger partial charge in [0, 0.05) is 13.1 Å². The van der Waals surface area contributed by atoms with E-state index in [2.05, 4.69) is 25.6 Å². The molecule has 0 unspecified atom stereocenters.